The van der Waals surface area contributed by atoms with E-state index in [4.69, 9.17) is 11.6 Å². The SMILES string of the molecule is CCNC(Cc1ccc(C)c(C)c1)c1cccc(Cl)c1C. The first kappa shape index (κ1) is 16.1. The van der Waals surface area contributed by atoms with Crippen molar-refractivity contribution in [3.63, 3.8) is 0 Å². The third kappa shape index (κ3) is 3.87. The van der Waals surface area contributed by atoms with Gasteiger partial charge in [0.05, 0.1) is 0 Å². The van der Waals surface area contributed by atoms with E-state index in [1.54, 1.807) is 0 Å². The first-order valence-electron chi connectivity index (χ1n) is 7.57. The van der Waals surface area contributed by atoms with Gasteiger partial charge in [-0.05, 0) is 67.6 Å². The van der Waals surface area contributed by atoms with E-state index in [1.807, 2.05) is 12.1 Å². The molecule has 0 bridgehead atoms. The molecule has 0 heterocycles. The Morgan fingerprint density at radius 2 is 1.81 bits per heavy atom. The molecule has 2 aromatic rings. The summed E-state index contributed by atoms with van der Waals surface area (Å²) >= 11 is 6.28. The second-order valence-electron chi connectivity index (χ2n) is 5.69. The molecular weight excluding hydrogens is 278 g/mol. The summed E-state index contributed by atoms with van der Waals surface area (Å²) in [6, 6.07) is 13.2. The van der Waals surface area contributed by atoms with Crippen LogP contribution in [0.25, 0.3) is 0 Å². The molecule has 0 aliphatic heterocycles. The fraction of sp³-hybridized carbons (Fsp3) is 0.368. The van der Waals surface area contributed by atoms with E-state index >= 15 is 0 Å². The van der Waals surface area contributed by atoms with Crippen molar-refractivity contribution in [1.29, 1.82) is 0 Å². The number of benzene rings is 2. The van der Waals surface area contributed by atoms with Crippen molar-refractivity contribution in [2.45, 2.75) is 40.2 Å². The van der Waals surface area contributed by atoms with E-state index < -0.39 is 0 Å². The van der Waals surface area contributed by atoms with Gasteiger partial charge in [0.15, 0.2) is 0 Å². The molecule has 1 nitrogen and oxygen atoms in total. The van der Waals surface area contributed by atoms with Gasteiger partial charge in [-0.2, -0.15) is 0 Å². The molecule has 112 valence electrons. The van der Waals surface area contributed by atoms with Crippen molar-refractivity contribution in [3.05, 3.63) is 69.2 Å². The van der Waals surface area contributed by atoms with Crippen LogP contribution in [0, 0.1) is 20.8 Å². The number of hydrogen-bond donors (Lipinski definition) is 1. The highest BCUT2D eigenvalue weighted by molar-refractivity contribution is 6.31. The van der Waals surface area contributed by atoms with Crippen LogP contribution < -0.4 is 5.32 Å². The zero-order valence-corrected chi connectivity index (χ0v) is 14.1. The minimum atomic E-state index is 0.302. The molecule has 1 N–H and O–H groups in total. The van der Waals surface area contributed by atoms with Crippen LogP contribution in [0.3, 0.4) is 0 Å². The maximum absolute atomic E-state index is 6.28. The molecule has 0 saturated heterocycles. The minimum Gasteiger partial charge on any atom is -0.310 e. The predicted octanol–water partition coefficient (Wildman–Crippen LogP) is 5.16. The van der Waals surface area contributed by atoms with Gasteiger partial charge in [-0.3, -0.25) is 0 Å². The number of likely N-dealkylation sites (N-methyl/N-ethyl adjacent to an activating group) is 1. The van der Waals surface area contributed by atoms with Gasteiger partial charge < -0.3 is 5.32 Å². The monoisotopic (exact) mass is 301 g/mol. The topological polar surface area (TPSA) is 12.0 Å². The first-order chi connectivity index (χ1) is 10.0. The van der Waals surface area contributed by atoms with Crippen LogP contribution in [0.15, 0.2) is 36.4 Å². The van der Waals surface area contributed by atoms with Crippen LogP contribution in [0.4, 0.5) is 0 Å². The van der Waals surface area contributed by atoms with Gasteiger partial charge in [-0.1, -0.05) is 48.9 Å². The van der Waals surface area contributed by atoms with Crippen LogP contribution in [0.1, 0.15) is 40.8 Å². The van der Waals surface area contributed by atoms with Crippen molar-refractivity contribution in [2.75, 3.05) is 6.54 Å². The van der Waals surface area contributed by atoms with Crippen LogP contribution in [0.5, 0.6) is 0 Å². The maximum Gasteiger partial charge on any atom is 0.0438 e. The van der Waals surface area contributed by atoms with E-state index in [-0.39, 0.29) is 0 Å². The Morgan fingerprint density at radius 3 is 2.48 bits per heavy atom. The summed E-state index contributed by atoms with van der Waals surface area (Å²) in [4.78, 5) is 0. The van der Waals surface area contributed by atoms with Crippen LogP contribution >= 0.6 is 11.6 Å². The van der Waals surface area contributed by atoms with Crippen molar-refractivity contribution < 1.29 is 0 Å². The van der Waals surface area contributed by atoms with Crippen molar-refractivity contribution in [2.24, 2.45) is 0 Å². The lowest BCUT2D eigenvalue weighted by Gasteiger charge is -2.21. The molecule has 21 heavy (non-hydrogen) atoms. The third-order valence-electron chi connectivity index (χ3n) is 4.15. The lowest BCUT2D eigenvalue weighted by atomic mass is 9.94. The van der Waals surface area contributed by atoms with E-state index in [2.05, 4.69) is 57.3 Å². The number of aryl methyl sites for hydroxylation is 2. The summed E-state index contributed by atoms with van der Waals surface area (Å²) in [6.45, 7) is 9.52. The summed E-state index contributed by atoms with van der Waals surface area (Å²) in [5, 5.41) is 4.43. The lowest BCUT2D eigenvalue weighted by Crippen LogP contribution is -2.23. The van der Waals surface area contributed by atoms with E-state index in [1.165, 1.54) is 27.8 Å². The van der Waals surface area contributed by atoms with Crippen LogP contribution in [-0.2, 0) is 6.42 Å². The highest BCUT2D eigenvalue weighted by atomic mass is 35.5. The zero-order valence-electron chi connectivity index (χ0n) is 13.3. The number of halogens is 1. The molecule has 1 unspecified atom stereocenters. The summed E-state index contributed by atoms with van der Waals surface area (Å²) in [6.07, 6.45) is 0.982. The molecule has 1 atom stereocenters. The summed E-state index contributed by atoms with van der Waals surface area (Å²) in [7, 11) is 0. The van der Waals surface area contributed by atoms with E-state index in [0.717, 1.165) is 18.0 Å². The Balaban J connectivity index is 2.30. The fourth-order valence-corrected chi connectivity index (χ4v) is 2.89. The molecule has 0 aromatic heterocycles. The molecule has 2 rings (SSSR count). The molecule has 0 spiro atoms. The smallest absolute Gasteiger partial charge is 0.0438 e. The number of hydrogen-bond acceptors (Lipinski definition) is 1. The maximum atomic E-state index is 6.28. The molecule has 0 aliphatic carbocycles. The molecule has 0 saturated carbocycles. The second kappa shape index (κ2) is 7.11. The average Bonchev–Trinajstić information content (AvgIpc) is 2.45. The third-order valence-corrected chi connectivity index (χ3v) is 4.56. The van der Waals surface area contributed by atoms with Gasteiger partial charge in [0.1, 0.15) is 0 Å². The fourth-order valence-electron chi connectivity index (χ4n) is 2.71. The van der Waals surface area contributed by atoms with Gasteiger partial charge in [0, 0.05) is 11.1 Å². The molecular formula is C19H24ClN. The molecule has 0 amide bonds. The first-order valence-corrected chi connectivity index (χ1v) is 7.95. The van der Waals surface area contributed by atoms with Gasteiger partial charge >= 0.3 is 0 Å². The Bertz CT molecular complexity index is 619. The van der Waals surface area contributed by atoms with Crippen LogP contribution in [-0.4, -0.2) is 6.54 Å². The average molecular weight is 302 g/mol. The normalized spacial score (nSPS) is 12.4. The quantitative estimate of drug-likeness (QED) is 0.804. The zero-order chi connectivity index (χ0) is 15.4. The summed E-state index contributed by atoms with van der Waals surface area (Å²) < 4.78 is 0. The molecule has 0 fully saturated rings. The minimum absolute atomic E-state index is 0.302. The number of rotatable bonds is 5. The summed E-state index contributed by atoms with van der Waals surface area (Å²) in [5.41, 5.74) is 6.53. The largest absolute Gasteiger partial charge is 0.310 e. The van der Waals surface area contributed by atoms with E-state index in [9.17, 15) is 0 Å². The Hall–Kier alpha value is -1.31. The van der Waals surface area contributed by atoms with Crippen LogP contribution in [0.2, 0.25) is 5.02 Å². The van der Waals surface area contributed by atoms with Gasteiger partial charge in [0.2, 0.25) is 0 Å². The standard InChI is InChI=1S/C19H24ClN/c1-5-21-19(17-7-6-8-18(20)15(17)4)12-16-10-9-13(2)14(3)11-16/h6-11,19,21H,5,12H2,1-4H3. The Labute approximate surface area is 133 Å². The van der Waals surface area contributed by atoms with Gasteiger partial charge in [0.25, 0.3) is 0 Å². The lowest BCUT2D eigenvalue weighted by molar-refractivity contribution is 0.547. The summed E-state index contributed by atoms with van der Waals surface area (Å²) in [5.74, 6) is 0. The Kier molecular flexibility index (Phi) is 5.44. The van der Waals surface area contributed by atoms with Gasteiger partial charge in [-0.25, -0.2) is 0 Å². The van der Waals surface area contributed by atoms with Crippen molar-refractivity contribution in [3.8, 4) is 0 Å². The van der Waals surface area contributed by atoms with Gasteiger partial charge in [-0.15, -0.1) is 0 Å². The van der Waals surface area contributed by atoms with E-state index in [0.29, 0.717) is 6.04 Å². The highest BCUT2D eigenvalue weighted by Crippen LogP contribution is 2.27. The molecule has 0 radical (unpaired) electrons. The molecule has 0 aliphatic rings. The number of nitrogens with one attached hydrogen (secondary N) is 1. The highest BCUT2D eigenvalue weighted by Gasteiger charge is 2.15. The molecule has 2 heteroatoms. The van der Waals surface area contributed by atoms with Crippen molar-refractivity contribution in [1.82, 2.24) is 5.32 Å². The molecule has 2 aromatic carbocycles. The Morgan fingerprint density at radius 1 is 1.05 bits per heavy atom. The van der Waals surface area contributed by atoms with Crippen molar-refractivity contribution >= 4 is 11.6 Å². The predicted molar refractivity (Wildman–Crippen MR) is 92.2 cm³/mol. The second-order valence-corrected chi connectivity index (χ2v) is 6.09.